The van der Waals surface area contributed by atoms with Gasteiger partial charge in [0.2, 0.25) is 0 Å². The van der Waals surface area contributed by atoms with E-state index >= 15 is 0 Å². The molecule has 0 unspecified atom stereocenters. The van der Waals surface area contributed by atoms with Crippen LogP contribution in [-0.4, -0.2) is 31.3 Å². The summed E-state index contributed by atoms with van der Waals surface area (Å²) in [6.45, 7) is 4.60. The molecule has 0 aromatic heterocycles. The van der Waals surface area contributed by atoms with Crippen molar-refractivity contribution in [3.05, 3.63) is 0 Å². The lowest BCUT2D eigenvalue weighted by Crippen LogP contribution is -2.42. The molecule has 0 saturated heterocycles. The normalized spacial score (nSPS) is 18.6. The maximum atomic E-state index is 5.85. The number of nitrogens with two attached hydrogens (primary N) is 1. The highest BCUT2D eigenvalue weighted by molar-refractivity contribution is 14.0. The third kappa shape index (κ3) is 7.08. The first kappa shape index (κ1) is 17.0. The summed E-state index contributed by atoms with van der Waals surface area (Å²) in [4.78, 5) is 4.32. The van der Waals surface area contributed by atoms with Crippen molar-refractivity contribution in [3.8, 4) is 0 Å². The Kier molecular flexibility index (Phi) is 8.11. The van der Waals surface area contributed by atoms with Gasteiger partial charge in [0.05, 0.1) is 12.1 Å². The predicted molar refractivity (Wildman–Crippen MR) is 83.0 cm³/mol. The Bertz CT molecular complexity index is 238. The molecule has 0 heterocycles. The number of nitrogens with one attached hydrogen (secondary N) is 1. The monoisotopic (exact) mass is 355 g/mol. The molecule has 4 nitrogen and oxygen atoms in total. The maximum absolute atomic E-state index is 5.85. The second-order valence-corrected chi connectivity index (χ2v) is 5.14. The van der Waals surface area contributed by atoms with E-state index in [9.17, 15) is 0 Å². The van der Waals surface area contributed by atoms with E-state index in [4.69, 9.17) is 10.5 Å². The molecule has 1 fully saturated rings. The van der Waals surface area contributed by atoms with Gasteiger partial charge in [-0.25, -0.2) is 0 Å². The molecule has 1 rings (SSSR count). The van der Waals surface area contributed by atoms with E-state index in [0.29, 0.717) is 18.5 Å². The van der Waals surface area contributed by atoms with E-state index in [-0.39, 0.29) is 29.6 Å². The number of halogens is 1. The average molecular weight is 355 g/mol. The van der Waals surface area contributed by atoms with Crippen LogP contribution in [0.2, 0.25) is 0 Å². The molecule has 0 aromatic rings. The summed E-state index contributed by atoms with van der Waals surface area (Å²) in [5, 5.41) is 3.29. The lowest BCUT2D eigenvalue weighted by Gasteiger charge is -2.24. The topological polar surface area (TPSA) is 59.6 Å². The van der Waals surface area contributed by atoms with E-state index in [0.717, 1.165) is 0 Å². The largest absolute Gasteiger partial charge is 0.377 e. The van der Waals surface area contributed by atoms with Crippen LogP contribution in [0.3, 0.4) is 0 Å². The third-order valence-corrected chi connectivity index (χ3v) is 3.14. The van der Waals surface area contributed by atoms with Gasteiger partial charge in [-0.05, 0) is 26.7 Å². The quantitative estimate of drug-likeness (QED) is 0.462. The van der Waals surface area contributed by atoms with Crippen molar-refractivity contribution in [1.82, 2.24) is 5.32 Å². The number of aliphatic imine (C=N–C) groups is 1. The Balaban J connectivity index is 0.00000256. The fraction of sp³-hybridized carbons (Fsp3) is 0.917. The summed E-state index contributed by atoms with van der Waals surface area (Å²) in [6.07, 6.45) is 6.38. The Morgan fingerprint density at radius 3 is 2.47 bits per heavy atom. The Morgan fingerprint density at radius 1 is 1.35 bits per heavy atom. The van der Waals surface area contributed by atoms with Gasteiger partial charge in [-0.2, -0.15) is 0 Å². The highest BCUT2D eigenvalue weighted by Gasteiger charge is 2.17. The minimum Gasteiger partial charge on any atom is -0.377 e. The molecular formula is C12H26IN3O. The highest BCUT2D eigenvalue weighted by atomic mass is 127. The van der Waals surface area contributed by atoms with Crippen LogP contribution >= 0.6 is 24.0 Å². The molecular weight excluding hydrogens is 329 g/mol. The SMILES string of the molecule is COC(C)(C)CN=C(N)NC1CCCCC1.I. The number of nitrogens with zero attached hydrogens (tertiary/aromatic N) is 1. The molecule has 17 heavy (non-hydrogen) atoms. The summed E-state index contributed by atoms with van der Waals surface area (Å²) in [5.41, 5.74) is 5.61. The molecule has 0 radical (unpaired) electrons. The maximum Gasteiger partial charge on any atom is 0.188 e. The third-order valence-electron chi connectivity index (χ3n) is 3.14. The fourth-order valence-corrected chi connectivity index (χ4v) is 1.84. The molecule has 102 valence electrons. The number of ether oxygens (including phenoxy) is 1. The molecule has 5 heteroatoms. The lowest BCUT2D eigenvalue weighted by atomic mass is 9.96. The summed E-state index contributed by atoms with van der Waals surface area (Å²) in [5.74, 6) is 0.553. The van der Waals surface area contributed by atoms with Crippen molar-refractivity contribution in [2.24, 2.45) is 10.7 Å². The molecule has 1 saturated carbocycles. The summed E-state index contributed by atoms with van der Waals surface area (Å²) in [6, 6.07) is 0.517. The predicted octanol–water partition coefficient (Wildman–Crippen LogP) is 2.27. The molecule has 1 aliphatic carbocycles. The standard InChI is InChI=1S/C12H25N3O.HI/c1-12(2,16-3)9-14-11(13)15-10-7-5-4-6-8-10;/h10H,4-9H2,1-3H3,(H3,13,14,15);1H. The van der Waals surface area contributed by atoms with E-state index in [1.165, 1.54) is 32.1 Å². The van der Waals surface area contributed by atoms with Crippen molar-refractivity contribution < 1.29 is 4.74 Å². The minimum absolute atomic E-state index is 0. The zero-order valence-electron chi connectivity index (χ0n) is 11.2. The summed E-state index contributed by atoms with van der Waals surface area (Å²) >= 11 is 0. The van der Waals surface area contributed by atoms with Crippen LogP contribution in [0.15, 0.2) is 4.99 Å². The van der Waals surface area contributed by atoms with Crippen molar-refractivity contribution >= 4 is 29.9 Å². The second kappa shape index (κ2) is 8.13. The van der Waals surface area contributed by atoms with Crippen molar-refractivity contribution in [2.75, 3.05) is 13.7 Å². The van der Waals surface area contributed by atoms with E-state index in [2.05, 4.69) is 10.3 Å². The smallest absolute Gasteiger partial charge is 0.188 e. The van der Waals surface area contributed by atoms with Gasteiger partial charge in [-0.15, -0.1) is 24.0 Å². The van der Waals surface area contributed by atoms with Crippen LogP contribution in [0.1, 0.15) is 46.0 Å². The Hall–Kier alpha value is -0.0400. The molecule has 0 atom stereocenters. The first-order valence-corrected chi connectivity index (χ1v) is 6.15. The van der Waals surface area contributed by atoms with Gasteiger partial charge in [0.15, 0.2) is 5.96 Å². The van der Waals surface area contributed by atoms with Crippen LogP contribution in [0, 0.1) is 0 Å². The number of guanidine groups is 1. The lowest BCUT2D eigenvalue weighted by molar-refractivity contribution is 0.0311. The molecule has 0 amide bonds. The first-order chi connectivity index (χ1) is 7.53. The highest BCUT2D eigenvalue weighted by Crippen LogP contribution is 2.17. The van der Waals surface area contributed by atoms with Gasteiger partial charge in [0.25, 0.3) is 0 Å². The molecule has 0 aromatic carbocycles. The summed E-state index contributed by atoms with van der Waals surface area (Å²) in [7, 11) is 1.69. The number of methoxy groups -OCH3 is 1. The molecule has 0 spiro atoms. The van der Waals surface area contributed by atoms with E-state index in [1.807, 2.05) is 13.8 Å². The van der Waals surface area contributed by atoms with Crippen LogP contribution in [0.4, 0.5) is 0 Å². The van der Waals surface area contributed by atoms with Crippen LogP contribution in [0.25, 0.3) is 0 Å². The zero-order valence-corrected chi connectivity index (χ0v) is 13.5. The first-order valence-electron chi connectivity index (χ1n) is 6.15. The fourth-order valence-electron chi connectivity index (χ4n) is 1.84. The van der Waals surface area contributed by atoms with E-state index < -0.39 is 0 Å². The Morgan fingerprint density at radius 2 is 1.94 bits per heavy atom. The van der Waals surface area contributed by atoms with Gasteiger partial charge >= 0.3 is 0 Å². The number of rotatable bonds is 4. The van der Waals surface area contributed by atoms with Crippen molar-refractivity contribution in [2.45, 2.75) is 57.6 Å². The number of hydrogen-bond acceptors (Lipinski definition) is 2. The van der Waals surface area contributed by atoms with Gasteiger partial charge in [-0.3, -0.25) is 4.99 Å². The van der Waals surface area contributed by atoms with Gasteiger partial charge < -0.3 is 15.8 Å². The summed E-state index contributed by atoms with van der Waals surface area (Å²) < 4.78 is 5.29. The van der Waals surface area contributed by atoms with Crippen LogP contribution < -0.4 is 11.1 Å². The van der Waals surface area contributed by atoms with E-state index in [1.54, 1.807) is 7.11 Å². The minimum atomic E-state index is -0.237. The Labute approximate surface area is 122 Å². The molecule has 3 N–H and O–H groups in total. The van der Waals surface area contributed by atoms with Gasteiger partial charge in [-0.1, -0.05) is 19.3 Å². The molecule has 1 aliphatic rings. The molecule has 0 bridgehead atoms. The average Bonchev–Trinajstić information content (AvgIpc) is 2.28. The van der Waals surface area contributed by atoms with Gasteiger partial charge in [0.1, 0.15) is 0 Å². The van der Waals surface area contributed by atoms with Crippen LogP contribution in [0.5, 0.6) is 0 Å². The number of hydrogen-bond donors (Lipinski definition) is 2. The second-order valence-electron chi connectivity index (χ2n) is 5.14. The zero-order chi connectivity index (χ0) is 12.0. The van der Waals surface area contributed by atoms with Crippen molar-refractivity contribution in [1.29, 1.82) is 0 Å². The van der Waals surface area contributed by atoms with Gasteiger partial charge in [0, 0.05) is 13.2 Å². The molecule has 0 aliphatic heterocycles. The van der Waals surface area contributed by atoms with Crippen LogP contribution in [-0.2, 0) is 4.74 Å². The van der Waals surface area contributed by atoms with Crippen molar-refractivity contribution in [3.63, 3.8) is 0 Å².